The average molecular weight is 302 g/mol. The lowest BCUT2D eigenvalue weighted by molar-refractivity contribution is -0.139. The van der Waals surface area contributed by atoms with Gasteiger partial charge in [0.15, 0.2) is 0 Å². The minimum absolute atomic E-state index is 0.0144. The minimum atomic E-state index is -1.13. The minimum Gasteiger partial charge on any atom is -0.480 e. The highest BCUT2D eigenvalue weighted by Gasteiger charge is 2.18. The maximum atomic E-state index is 11.5. The summed E-state index contributed by atoms with van der Waals surface area (Å²) in [5.41, 5.74) is 0. The van der Waals surface area contributed by atoms with Crippen LogP contribution in [0, 0.1) is 0 Å². The number of carboxylic acid groups (broad SMARTS) is 1. The van der Waals surface area contributed by atoms with Crippen molar-refractivity contribution in [1.29, 1.82) is 0 Å². The summed E-state index contributed by atoms with van der Waals surface area (Å²) in [5.74, 6) is -1.13. The van der Waals surface area contributed by atoms with Crippen LogP contribution in [0.4, 0.5) is 4.79 Å². The van der Waals surface area contributed by atoms with Crippen molar-refractivity contribution in [2.45, 2.75) is 70.8 Å². The Morgan fingerprint density at radius 2 is 1.57 bits per heavy atom. The molecule has 6 nitrogen and oxygen atoms in total. The van der Waals surface area contributed by atoms with Crippen LogP contribution in [0.15, 0.2) is 0 Å². The van der Waals surface area contributed by atoms with Crippen LogP contribution in [-0.4, -0.2) is 41.4 Å². The van der Waals surface area contributed by atoms with Crippen molar-refractivity contribution >= 4 is 12.0 Å². The third kappa shape index (κ3) is 12.2. The van der Waals surface area contributed by atoms with Crippen LogP contribution < -0.4 is 10.6 Å². The smallest absolute Gasteiger partial charge is 0.326 e. The van der Waals surface area contributed by atoms with Gasteiger partial charge in [0.2, 0.25) is 0 Å². The van der Waals surface area contributed by atoms with E-state index in [1.165, 1.54) is 38.5 Å². The number of amides is 2. The normalized spacial score (nSPS) is 11.9. The summed E-state index contributed by atoms with van der Waals surface area (Å²) in [6, 6.07) is -1.52. The van der Waals surface area contributed by atoms with Crippen molar-refractivity contribution in [2.24, 2.45) is 0 Å². The van der Waals surface area contributed by atoms with Gasteiger partial charge in [-0.1, -0.05) is 51.9 Å². The van der Waals surface area contributed by atoms with Gasteiger partial charge < -0.3 is 20.8 Å². The highest BCUT2D eigenvalue weighted by atomic mass is 16.4. The molecule has 1 atom stereocenters. The van der Waals surface area contributed by atoms with Crippen molar-refractivity contribution in [3.8, 4) is 0 Å². The molecule has 0 aromatic heterocycles. The molecule has 0 spiro atoms. The van der Waals surface area contributed by atoms with E-state index < -0.39 is 18.0 Å². The van der Waals surface area contributed by atoms with Gasteiger partial charge in [-0.05, 0) is 6.42 Å². The number of carbonyl (C=O) groups is 2. The van der Waals surface area contributed by atoms with Gasteiger partial charge in [0.25, 0.3) is 0 Å². The molecule has 0 saturated carbocycles. The van der Waals surface area contributed by atoms with E-state index in [9.17, 15) is 9.59 Å². The molecule has 0 heterocycles. The summed E-state index contributed by atoms with van der Waals surface area (Å²) in [6.45, 7) is 2.48. The van der Waals surface area contributed by atoms with E-state index >= 15 is 0 Å². The molecular weight excluding hydrogens is 272 g/mol. The summed E-state index contributed by atoms with van der Waals surface area (Å²) in [6.07, 6.45) is 9.55. The molecule has 0 radical (unpaired) electrons. The fourth-order valence-corrected chi connectivity index (χ4v) is 2.06. The number of carbonyl (C=O) groups excluding carboxylic acids is 1. The number of aliphatic hydroxyl groups is 1. The molecule has 21 heavy (non-hydrogen) atoms. The van der Waals surface area contributed by atoms with Gasteiger partial charge in [0.05, 0.1) is 0 Å². The molecule has 0 unspecified atom stereocenters. The molecule has 124 valence electrons. The number of aliphatic hydroxyl groups excluding tert-OH is 1. The standard InChI is InChI=1S/C15H30N2O4/c1-2-3-4-5-6-7-8-9-11-16-15(21)17-13(10-12-18)14(19)20/h13,18H,2-12H2,1H3,(H,19,20)(H2,16,17,21)/t13-/m1/s1. The van der Waals surface area contributed by atoms with Gasteiger partial charge in [0, 0.05) is 19.6 Å². The highest BCUT2D eigenvalue weighted by Crippen LogP contribution is 2.07. The zero-order valence-electron chi connectivity index (χ0n) is 13.1. The SMILES string of the molecule is CCCCCCCCCCNC(=O)N[C@H](CCO)C(=O)O. The molecule has 0 saturated heterocycles. The lowest BCUT2D eigenvalue weighted by Gasteiger charge is -2.13. The Morgan fingerprint density at radius 3 is 2.10 bits per heavy atom. The van der Waals surface area contributed by atoms with E-state index in [1.807, 2.05) is 0 Å². The lowest BCUT2D eigenvalue weighted by atomic mass is 10.1. The average Bonchev–Trinajstić information content (AvgIpc) is 2.45. The van der Waals surface area contributed by atoms with Crippen molar-refractivity contribution in [1.82, 2.24) is 10.6 Å². The topological polar surface area (TPSA) is 98.7 Å². The fourth-order valence-electron chi connectivity index (χ4n) is 2.06. The van der Waals surface area contributed by atoms with E-state index in [-0.39, 0.29) is 13.0 Å². The molecule has 0 fully saturated rings. The van der Waals surface area contributed by atoms with E-state index in [0.717, 1.165) is 12.8 Å². The number of unbranched alkanes of at least 4 members (excludes halogenated alkanes) is 7. The van der Waals surface area contributed by atoms with Crippen LogP contribution >= 0.6 is 0 Å². The molecule has 0 aliphatic heterocycles. The van der Waals surface area contributed by atoms with Crippen LogP contribution in [0.2, 0.25) is 0 Å². The van der Waals surface area contributed by atoms with Crippen LogP contribution in [0.3, 0.4) is 0 Å². The molecule has 0 aliphatic rings. The Labute approximate surface area is 127 Å². The summed E-state index contributed by atoms with van der Waals surface area (Å²) < 4.78 is 0. The van der Waals surface area contributed by atoms with E-state index in [4.69, 9.17) is 10.2 Å². The Hall–Kier alpha value is -1.30. The Balaban J connectivity index is 3.50. The van der Waals surface area contributed by atoms with Crippen molar-refractivity contribution in [3.05, 3.63) is 0 Å². The maximum absolute atomic E-state index is 11.5. The molecule has 6 heteroatoms. The predicted molar refractivity (Wildman–Crippen MR) is 82.3 cm³/mol. The second-order valence-electron chi connectivity index (χ2n) is 5.28. The van der Waals surface area contributed by atoms with E-state index in [1.54, 1.807) is 0 Å². The van der Waals surface area contributed by atoms with E-state index in [2.05, 4.69) is 17.6 Å². The summed E-state index contributed by atoms with van der Waals surface area (Å²) >= 11 is 0. The van der Waals surface area contributed by atoms with Gasteiger partial charge in [-0.25, -0.2) is 9.59 Å². The van der Waals surface area contributed by atoms with Gasteiger partial charge in [0.1, 0.15) is 6.04 Å². The number of hydrogen-bond acceptors (Lipinski definition) is 3. The van der Waals surface area contributed by atoms with Crippen molar-refractivity contribution < 1.29 is 19.8 Å². The first-order valence-electron chi connectivity index (χ1n) is 7.99. The van der Waals surface area contributed by atoms with Gasteiger partial charge >= 0.3 is 12.0 Å². The summed E-state index contributed by atoms with van der Waals surface area (Å²) in [4.78, 5) is 22.3. The predicted octanol–water partition coefficient (Wildman–Crippen LogP) is 2.26. The third-order valence-electron chi connectivity index (χ3n) is 3.34. The first kappa shape index (κ1) is 19.7. The first-order chi connectivity index (χ1) is 10.1. The summed E-state index contributed by atoms with van der Waals surface area (Å²) in [5, 5.41) is 22.5. The number of aliphatic carboxylic acids is 1. The molecule has 0 bridgehead atoms. The number of carboxylic acids is 1. The Bertz CT molecular complexity index is 285. The fraction of sp³-hybridized carbons (Fsp3) is 0.867. The monoisotopic (exact) mass is 302 g/mol. The molecule has 0 aromatic rings. The molecular formula is C15H30N2O4. The number of nitrogens with one attached hydrogen (secondary N) is 2. The number of hydrogen-bond donors (Lipinski definition) is 4. The number of rotatable bonds is 13. The van der Waals surface area contributed by atoms with Crippen LogP contribution in [-0.2, 0) is 4.79 Å². The number of urea groups is 1. The van der Waals surface area contributed by atoms with Gasteiger partial charge in [-0.15, -0.1) is 0 Å². The maximum Gasteiger partial charge on any atom is 0.326 e. The quantitative estimate of drug-likeness (QED) is 0.392. The third-order valence-corrected chi connectivity index (χ3v) is 3.34. The second kappa shape index (κ2) is 13.7. The molecule has 2 amide bonds. The van der Waals surface area contributed by atoms with Crippen LogP contribution in [0.5, 0.6) is 0 Å². The highest BCUT2D eigenvalue weighted by molar-refractivity contribution is 5.82. The zero-order chi connectivity index (χ0) is 15.9. The first-order valence-corrected chi connectivity index (χ1v) is 7.99. The summed E-state index contributed by atoms with van der Waals surface area (Å²) in [7, 11) is 0. The van der Waals surface area contributed by atoms with Crippen LogP contribution in [0.1, 0.15) is 64.7 Å². The van der Waals surface area contributed by atoms with Crippen LogP contribution in [0.25, 0.3) is 0 Å². The molecule has 0 aromatic carbocycles. The molecule has 0 aliphatic carbocycles. The second-order valence-corrected chi connectivity index (χ2v) is 5.28. The Kier molecular flexibility index (Phi) is 12.8. The Morgan fingerprint density at radius 1 is 1.00 bits per heavy atom. The lowest BCUT2D eigenvalue weighted by Crippen LogP contribution is -2.46. The van der Waals surface area contributed by atoms with Gasteiger partial charge in [-0.2, -0.15) is 0 Å². The van der Waals surface area contributed by atoms with E-state index in [0.29, 0.717) is 6.54 Å². The zero-order valence-corrected chi connectivity index (χ0v) is 13.1. The molecule has 4 N–H and O–H groups in total. The van der Waals surface area contributed by atoms with Gasteiger partial charge in [-0.3, -0.25) is 0 Å². The molecule has 0 rings (SSSR count). The van der Waals surface area contributed by atoms with Crippen molar-refractivity contribution in [3.63, 3.8) is 0 Å². The largest absolute Gasteiger partial charge is 0.480 e. The van der Waals surface area contributed by atoms with Crippen molar-refractivity contribution in [2.75, 3.05) is 13.2 Å².